The SMILES string of the molecule is C/C(=N\[C@@H](c1ccco1)C(F)(F)F)c1ccccc1. The summed E-state index contributed by atoms with van der Waals surface area (Å²) in [7, 11) is 0. The zero-order valence-corrected chi connectivity index (χ0v) is 10.2. The molecule has 2 aromatic rings. The number of nitrogens with zero attached hydrogens (tertiary/aromatic N) is 1. The molecule has 2 rings (SSSR count). The maximum Gasteiger partial charge on any atom is 0.418 e. The molecule has 0 saturated carbocycles. The van der Waals surface area contributed by atoms with Crippen LogP contribution in [0.25, 0.3) is 0 Å². The first-order valence-electron chi connectivity index (χ1n) is 5.68. The van der Waals surface area contributed by atoms with E-state index in [9.17, 15) is 13.2 Å². The highest BCUT2D eigenvalue weighted by atomic mass is 19.4. The molecular weight excluding hydrogens is 255 g/mol. The molecule has 0 saturated heterocycles. The molecule has 0 unspecified atom stereocenters. The van der Waals surface area contributed by atoms with Crippen molar-refractivity contribution in [2.24, 2.45) is 4.99 Å². The summed E-state index contributed by atoms with van der Waals surface area (Å²) in [6, 6.07) is 9.46. The van der Waals surface area contributed by atoms with Crippen molar-refractivity contribution >= 4 is 5.71 Å². The predicted molar refractivity (Wildman–Crippen MR) is 66.2 cm³/mol. The van der Waals surface area contributed by atoms with Gasteiger partial charge in [-0.2, -0.15) is 13.2 Å². The summed E-state index contributed by atoms with van der Waals surface area (Å²) < 4.78 is 43.8. The molecule has 1 aromatic heterocycles. The third-order valence-electron chi connectivity index (χ3n) is 2.64. The Morgan fingerprint density at radius 3 is 2.32 bits per heavy atom. The lowest BCUT2D eigenvalue weighted by Gasteiger charge is -2.15. The number of halogens is 3. The van der Waals surface area contributed by atoms with Crippen LogP contribution in [0.2, 0.25) is 0 Å². The van der Waals surface area contributed by atoms with Crippen LogP contribution < -0.4 is 0 Å². The Kier molecular flexibility index (Phi) is 3.74. The van der Waals surface area contributed by atoms with Gasteiger partial charge in [-0.15, -0.1) is 0 Å². The Bertz CT molecular complexity index is 544. The molecule has 1 heterocycles. The standard InChI is InChI=1S/C14H12F3NO/c1-10(11-6-3-2-4-7-11)18-13(14(15,16)17)12-8-5-9-19-12/h2-9,13H,1H3/b18-10+/t13-/m0/s1. The Labute approximate surface area is 108 Å². The van der Waals surface area contributed by atoms with Crippen LogP contribution in [-0.4, -0.2) is 11.9 Å². The first-order chi connectivity index (χ1) is 8.98. The molecule has 1 aromatic carbocycles. The molecule has 0 aliphatic heterocycles. The van der Waals surface area contributed by atoms with E-state index in [0.29, 0.717) is 11.3 Å². The molecule has 1 atom stereocenters. The van der Waals surface area contributed by atoms with Crippen LogP contribution in [0.3, 0.4) is 0 Å². The van der Waals surface area contributed by atoms with Gasteiger partial charge < -0.3 is 4.42 Å². The third-order valence-corrected chi connectivity index (χ3v) is 2.64. The van der Waals surface area contributed by atoms with Crippen LogP contribution in [0.4, 0.5) is 13.2 Å². The van der Waals surface area contributed by atoms with Crippen molar-refractivity contribution in [3.8, 4) is 0 Å². The van der Waals surface area contributed by atoms with Crippen molar-refractivity contribution < 1.29 is 17.6 Å². The molecule has 0 aliphatic rings. The van der Waals surface area contributed by atoms with Crippen LogP contribution in [0.5, 0.6) is 0 Å². The second kappa shape index (κ2) is 5.30. The summed E-state index contributed by atoms with van der Waals surface area (Å²) in [5, 5.41) is 0. The normalized spacial score (nSPS) is 14.4. The van der Waals surface area contributed by atoms with Gasteiger partial charge in [-0.05, 0) is 24.6 Å². The summed E-state index contributed by atoms with van der Waals surface area (Å²) in [5.74, 6) is -0.206. The second-order valence-electron chi connectivity index (χ2n) is 4.04. The number of furan rings is 1. The number of hydrogen-bond acceptors (Lipinski definition) is 2. The van der Waals surface area contributed by atoms with E-state index >= 15 is 0 Å². The molecule has 0 spiro atoms. The average molecular weight is 267 g/mol. The van der Waals surface area contributed by atoms with Gasteiger partial charge in [-0.3, -0.25) is 4.99 Å². The predicted octanol–water partition coefficient (Wildman–Crippen LogP) is 4.39. The molecule has 100 valence electrons. The quantitative estimate of drug-likeness (QED) is 0.757. The van der Waals surface area contributed by atoms with Crippen molar-refractivity contribution in [1.82, 2.24) is 0 Å². The van der Waals surface area contributed by atoms with E-state index in [2.05, 4.69) is 4.99 Å². The highest BCUT2D eigenvalue weighted by Crippen LogP contribution is 2.36. The van der Waals surface area contributed by atoms with Crippen molar-refractivity contribution in [3.05, 3.63) is 60.1 Å². The first kappa shape index (κ1) is 13.4. The second-order valence-corrected chi connectivity index (χ2v) is 4.04. The van der Waals surface area contributed by atoms with E-state index in [1.54, 1.807) is 37.3 Å². The third kappa shape index (κ3) is 3.24. The van der Waals surface area contributed by atoms with Crippen LogP contribution in [-0.2, 0) is 0 Å². The fourth-order valence-corrected chi connectivity index (χ4v) is 1.69. The fraction of sp³-hybridized carbons (Fsp3) is 0.214. The number of benzene rings is 1. The van der Waals surface area contributed by atoms with Gasteiger partial charge in [0.05, 0.1) is 6.26 Å². The molecular formula is C14H12F3NO. The fourth-order valence-electron chi connectivity index (χ4n) is 1.69. The van der Waals surface area contributed by atoms with Gasteiger partial charge in [-0.25, -0.2) is 0 Å². The van der Waals surface area contributed by atoms with E-state index in [1.807, 2.05) is 0 Å². The van der Waals surface area contributed by atoms with Crippen molar-refractivity contribution in [2.75, 3.05) is 0 Å². The molecule has 2 nitrogen and oxygen atoms in total. The molecule has 5 heteroatoms. The van der Waals surface area contributed by atoms with E-state index in [-0.39, 0.29) is 5.76 Å². The first-order valence-corrected chi connectivity index (χ1v) is 5.68. The zero-order valence-electron chi connectivity index (χ0n) is 10.2. The largest absolute Gasteiger partial charge is 0.467 e. The summed E-state index contributed by atoms with van der Waals surface area (Å²) in [4.78, 5) is 3.76. The Balaban J connectivity index is 2.36. The van der Waals surface area contributed by atoms with Crippen LogP contribution in [0, 0.1) is 0 Å². The molecule has 0 fully saturated rings. The maximum absolute atomic E-state index is 13.0. The van der Waals surface area contributed by atoms with Crippen molar-refractivity contribution in [2.45, 2.75) is 19.1 Å². The van der Waals surface area contributed by atoms with Gasteiger partial charge in [0.1, 0.15) is 5.76 Å². The Morgan fingerprint density at radius 1 is 1.11 bits per heavy atom. The average Bonchev–Trinajstić information content (AvgIpc) is 2.88. The van der Waals surface area contributed by atoms with Crippen molar-refractivity contribution in [3.63, 3.8) is 0 Å². The molecule has 19 heavy (non-hydrogen) atoms. The van der Waals surface area contributed by atoms with E-state index in [4.69, 9.17) is 4.42 Å². The van der Waals surface area contributed by atoms with Crippen LogP contribution in [0.1, 0.15) is 24.3 Å². The van der Waals surface area contributed by atoms with Gasteiger partial charge >= 0.3 is 6.18 Å². The lowest BCUT2D eigenvalue weighted by molar-refractivity contribution is -0.152. The minimum atomic E-state index is -4.48. The molecule has 0 amide bonds. The minimum Gasteiger partial charge on any atom is -0.467 e. The van der Waals surface area contributed by atoms with Crippen LogP contribution >= 0.6 is 0 Å². The number of alkyl halides is 3. The zero-order chi connectivity index (χ0) is 13.9. The van der Waals surface area contributed by atoms with Crippen molar-refractivity contribution in [1.29, 1.82) is 0 Å². The monoisotopic (exact) mass is 267 g/mol. The number of rotatable bonds is 3. The highest BCUT2D eigenvalue weighted by molar-refractivity contribution is 5.98. The molecule has 0 radical (unpaired) electrons. The lowest BCUT2D eigenvalue weighted by atomic mass is 10.1. The summed E-state index contributed by atoms with van der Waals surface area (Å²) >= 11 is 0. The van der Waals surface area contributed by atoms with Gasteiger partial charge in [0, 0.05) is 5.71 Å². The number of aliphatic imine (C=N–C) groups is 1. The van der Waals surface area contributed by atoms with Gasteiger partial charge in [0.2, 0.25) is 6.04 Å². The topological polar surface area (TPSA) is 25.5 Å². The summed E-state index contributed by atoms with van der Waals surface area (Å²) in [5.41, 5.74) is 0.975. The van der Waals surface area contributed by atoms with Gasteiger partial charge in [-0.1, -0.05) is 30.3 Å². The van der Waals surface area contributed by atoms with Gasteiger partial charge in [0.25, 0.3) is 0 Å². The lowest BCUT2D eigenvalue weighted by Crippen LogP contribution is -2.20. The smallest absolute Gasteiger partial charge is 0.418 e. The molecule has 0 bridgehead atoms. The summed E-state index contributed by atoms with van der Waals surface area (Å²) in [6.45, 7) is 1.55. The van der Waals surface area contributed by atoms with E-state index in [0.717, 1.165) is 0 Å². The van der Waals surface area contributed by atoms with Gasteiger partial charge in [0.15, 0.2) is 0 Å². The molecule has 0 aliphatic carbocycles. The van der Waals surface area contributed by atoms with E-state index < -0.39 is 12.2 Å². The highest BCUT2D eigenvalue weighted by Gasteiger charge is 2.42. The van der Waals surface area contributed by atoms with E-state index in [1.165, 1.54) is 18.4 Å². The number of hydrogen-bond donors (Lipinski definition) is 0. The molecule has 0 N–H and O–H groups in total. The van der Waals surface area contributed by atoms with Crippen LogP contribution in [0.15, 0.2) is 58.1 Å². The maximum atomic E-state index is 13.0. The Morgan fingerprint density at radius 2 is 1.79 bits per heavy atom. The minimum absolute atomic E-state index is 0.206. The Hall–Kier alpha value is -2.04. The summed E-state index contributed by atoms with van der Waals surface area (Å²) in [6.07, 6.45) is -3.27.